The predicted molar refractivity (Wildman–Crippen MR) is 89.7 cm³/mol. The summed E-state index contributed by atoms with van der Waals surface area (Å²) in [6.45, 7) is 0.163. The zero-order chi connectivity index (χ0) is 18.1. The smallest absolute Gasteiger partial charge is 0.242 e. The molecule has 0 atom stereocenters. The largest absolute Gasteiger partial charge is 0.497 e. The number of rotatable bonds is 5. The summed E-state index contributed by atoms with van der Waals surface area (Å²) >= 11 is 0. The minimum Gasteiger partial charge on any atom is -0.497 e. The lowest BCUT2D eigenvalue weighted by Gasteiger charge is -2.03. The van der Waals surface area contributed by atoms with Crippen LogP contribution in [0.4, 0.5) is 0 Å². The molecule has 26 heavy (non-hydrogen) atoms. The third-order valence-corrected chi connectivity index (χ3v) is 5.45. The molecule has 0 bridgehead atoms. The fourth-order valence-electron chi connectivity index (χ4n) is 2.50. The minimum atomic E-state index is -3.61. The number of sulfone groups is 1. The number of aromatic nitrogens is 2. The monoisotopic (exact) mass is 374 g/mol. The van der Waals surface area contributed by atoms with Crippen LogP contribution >= 0.6 is 0 Å². The first kappa shape index (κ1) is 16.4. The Labute approximate surface area is 149 Å². The van der Waals surface area contributed by atoms with Crippen LogP contribution in [0.1, 0.15) is 5.89 Å². The summed E-state index contributed by atoms with van der Waals surface area (Å²) in [6.07, 6.45) is 0. The van der Waals surface area contributed by atoms with E-state index in [4.69, 9.17) is 18.7 Å². The summed E-state index contributed by atoms with van der Waals surface area (Å²) in [5.74, 6) is 1.69. The van der Waals surface area contributed by atoms with Crippen LogP contribution in [0.5, 0.6) is 17.2 Å². The molecule has 3 aromatic rings. The first-order valence-electron chi connectivity index (χ1n) is 7.64. The topological polar surface area (TPSA) is 101 Å². The lowest BCUT2D eigenvalue weighted by molar-refractivity contribution is 0.174. The van der Waals surface area contributed by atoms with Crippen LogP contribution in [0.15, 0.2) is 51.9 Å². The molecule has 2 aromatic carbocycles. The Morgan fingerprint density at radius 2 is 1.85 bits per heavy atom. The predicted octanol–water partition coefficient (Wildman–Crippen LogP) is 2.45. The van der Waals surface area contributed by atoms with Crippen molar-refractivity contribution in [2.45, 2.75) is 10.6 Å². The number of methoxy groups -OCH3 is 1. The number of ether oxygens (including phenoxy) is 3. The van der Waals surface area contributed by atoms with Gasteiger partial charge < -0.3 is 18.7 Å². The van der Waals surface area contributed by atoms with Crippen LogP contribution < -0.4 is 14.2 Å². The van der Waals surface area contributed by atoms with E-state index in [1.54, 1.807) is 30.3 Å². The summed E-state index contributed by atoms with van der Waals surface area (Å²) < 4.78 is 45.7. The molecule has 9 heteroatoms. The fraction of sp³-hybridized carbons (Fsp3) is 0.176. The Kier molecular flexibility index (Phi) is 4.00. The van der Waals surface area contributed by atoms with E-state index in [0.29, 0.717) is 22.8 Å². The second-order valence-corrected chi connectivity index (χ2v) is 7.50. The molecule has 0 amide bonds. The minimum absolute atomic E-state index is 0.00786. The van der Waals surface area contributed by atoms with Gasteiger partial charge in [-0.2, -0.15) is 4.98 Å². The van der Waals surface area contributed by atoms with E-state index in [0.717, 1.165) is 0 Å². The summed E-state index contributed by atoms with van der Waals surface area (Å²) in [5.41, 5.74) is 0.645. The summed E-state index contributed by atoms with van der Waals surface area (Å²) in [5, 5.41) is 3.85. The molecule has 2 heterocycles. The van der Waals surface area contributed by atoms with Crippen molar-refractivity contribution in [2.75, 3.05) is 13.9 Å². The van der Waals surface area contributed by atoms with Crippen LogP contribution in [0.2, 0.25) is 0 Å². The maximum atomic E-state index is 12.5. The van der Waals surface area contributed by atoms with Gasteiger partial charge in [-0.15, -0.1) is 0 Å². The molecule has 1 aliphatic heterocycles. The van der Waals surface area contributed by atoms with Crippen LogP contribution in [-0.4, -0.2) is 32.5 Å². The van der Waals surface area contributed by atoms with Crippen molar-refractivity contribution in [1.29, 1.82) is 0 Å². The highest BCUT2D eigenvalue weighted by Gasteiger charge is 2.21. The Morgan fingerprint density at radius 1 is 1.08 bits per heavy atom. The molecule has 0 aliphatic carbocycles. The Balaban J connectivity index is 1.56. The second kappa shape index (κ2) is 6.34. The highest BCUT2D eigenvalue weighted by Crippen LogP contribution is 2.35. The summed E-state index contributed by atoms with van der Waals surface area (Å²) in [6, 6.07) is 11.3. The Bertz CT molecular complexity index is 1040. The third kappa shape index (κ3) is 3.08. The SMILES string of the molecule is COc1ccc(S(=O)(=O)Cc2nc(-c3ccc4c(c3)OCO4)no2)cc1. The maximum Gasteiger partial charge on any atom is 0.242 e. The van der Waals surface area contributed by atoms with Gasteiger partial charge in [-0.3, -0.25) is 0 Å². The fourth-order valence-corrected chi connectivity index (χ4v) is 3.66. The van der Waals surface area contributed by atoms with E-state index in [2.05, 4.69) is 10.1 Å². The van der Waals surface area contributed by atoms with Crippen LogP contribution in [0, 0.1) is 0 Å². The van der Waals surface area contributed by atoms with Crippen molar-refractivity contribution < 1.29 is 27.2 Å². The number of nitrogens with zero attached hydrogens (tertiary/aromatic N) is 2. The number of hydrogen-bond acceptors (Lipinski definition) is 8. The van der Waals surface area contributed by atoms with E-state index in [-0.39, 0.29) is 23.4 Å². The number of fused-ring (bicyclic) bond motifs is 1. The highest BCUT2D eigenvalue weighted by atomic mass is 32.2. The van der Waals surface area contributed by atoms with Crippen molar-refractivity contribution in [1.82, 2.24) is 10.1 Å². The maximum absolute atomic E-state index is 12.5. The first-order chi connectivity index (χ1) is 12.5. The van der Waals surface area contributed by atoms with Gasteiger partial charge in [0.05, 0.1) is 12.0 Å². The Morgan fingerprint density at radius 3 is 2.62 bits per heavy atom. The molecule has 1 aromatic heterocycles. The molecule has 0 unspecified atom stereocenters. The molecule has 0 spiro atoms. The lowest BCUT2D eigenvalue weighted by atomic mass is 10.2. The van der Waals surface area contributed by atoms with Crippen molar-refractivity contribution >= 4 is 9.84 Å². The molecule has 0 saturated carbocycles. The van der Waals surface area contributed by atoms with Crippen molar-refractivity contribution in [3.8, 4) is 28.6 Å². The number of hydrogen-bond donors (Lipinski definition) is 0. The van der Waals surface area contributed by atoms with Gasteiger partial charge in [-0.25, -0.2) is 8.42 Å². The van der Waals surface area contributed by atoms with Gasteiger partial charge in [0.2, 0.25) is 18.5 Å². The zero-order valence-electron chi connectivity index (χ0n) is 13.7. The summed E-state index contributed by atoms with van der Waals surface area (Å²) in [4.78, 5) is 4.33. The molecule has 0 saturated heterocycles. The van der Waals surface area contributed by atoms with E-state index >= 15 is 0 Å². The number of benzene rings is 2. The standard InChI is InChI=1S/C17H14N2O6S/c1-22-12-3-5-13(6-4-12)26(20,21)9-16-18-17(19-25-16)11-2-7-14-15(8-11)24-10-23-14/h2-8H,9-10H2,1H3. The van der Waals surface area contributed by atoms with Gasteiger partial charge in [0.25, 0.3) is 0 Å². The molecule has 4 rings (SSSR count). The highest BCUT2D eigenvalue weighted by molar-refractivity contribution is 7.90. The molecule has 134 valence electrons. The van der Waals surface area contributed by atoms with Gasteiger partial charge >= 0.3 is 0 Å². The molecular weight excluding hydrogens is 360 g/mol. The van der Waals surface area contributed by atoms with E-state index < -0.39 is 15.6 Å². The van der Waals surface area contributed by atoms with Crippen molar-refractivity contribution in [3.05, 3.63) is 48.4 Å². The molecular formula is C17H14N2O6S. The quantitative estimate of drug-likeness (QED) is 0.671. The molecule has 1 aliphatic rings. The van der Waals surface area contributed by atoms with Crippen molar-refractivity contribution in [3.63, 3.8) is 0 Å². The van der Waals surface area contributed by atoms with E-state index in [9.17, 15) is 8.42 Å². The van der Waals surface area contributed by atoms with Gasteiger partial charge in [-0.05, 0) is 42.5 Å². The second-order valence-electron chi connectivity index (χ2n) is 5.51. The summed E-state index contributed by atoms with van der Waals surface area (Å²) in [7, 11) is -2.10. The first-order valence-corrected chi connectivity index (χ1v) is 9.30. The molecule has 8 nitrogen and oxygen atoms in total. The van der Waals surface area contributed by atoms with Crippen LogP contribution in [0.3, 0.4) is 0 Å². The third-order valence-electron chi connectivity index (χ3n) is 3.83. The molecule has 0 N–H and O–H groups in total. The van der Waals surface area contributed by atoms with Crippen molar-refractivity contribution in [2.24, 2.45) is 0 Å². The van der Waals surface area contributed by atoms with Gasteiger partial charge in [0, 0.05) is 5.56 Å². The van der Waals surface area contributed by atoms with Gasteiger partial charge in [-0.1, -0.05) is 5.16 Å². The average molecular weight is 374 g/mol. The Hall–Kier alpha value is -3.07. The lowest BCUT2D eigenvalue weighted by Crippen LogP contribution is -2.05. The van der Waals surface area contributed by atoms with E-state index in [1.807, 2.05) is 0 Å². The van der Waals surface area contributed by atoms with Crippen LogP contribution in [-0.2, 0) is 15.6 Å². The normalized spacial score (nSPS) is 13.0. The van der Waals surface area contributed by atoms with Gasteiger partial charge in [0.15, 0.2) is 21.3 Å². The molecule has 0 radical (unpaired) electrons. The van der Waals surface area contributed by atoms with Crippen LogP contribution in [0.25, 0.3) is 11.4 Å². The van der Waals surface area contributed by atoms with Gasteiger partial charge in [0.1, 0.15) is 11.5 Å². The average Bonchev–Trinajstić information content (AvgIpc) is 3.30. The molecule has 0 fully saturated rings. The van der Waals surface area contributed by atoms with E-state index in [1.165, 1.54) is 19.2 Å². The zero-order valence-corrected chi connectivity index (χ0v) is 14.5.